The van der Waals surface area contributed by atoms with Crippen LogP contribution in [-0.4, -0.2) is 18.6 Å². The third-order valence-electron chi connectivity index (χ3n) is 3.79. The average Bonchev–Trinajstić information content (AvgIpc) is 2.40. The maximum Gasteiger partial charge on any atom is 0.325 e. The lowest BCUT2D eigenvalue weighted by Crippen LogP contribution is -2.30. The molecule has 0 aliphatic heterocycles. The van der Waals surface area contributed by atoms with E-state index in [2.05, 4.69) is 19.2 Å². The van der Waals surface area contributed by atoms with Crippen LogP contribution in [0, 0.1) is 5.41 Å². The van der Waals surface area contributed by atoms with Gasteiger partial charge in [-0.2, -0.15) is 0 Å². The van der Waals surface area contributed by atoms with E-state index >= 15 is 0 Å². The summed E-state index contributed by atoms with van der Waals surface area (Å²) in [6, 6.07) is 9.72. The second kappa shape index (κ2) is 6.09. The summed E-state index contributed by atoms with van der Waals surface area (Å²) < 4.78 is 5.50. The lowest BCUT2D eigenvalue weighted by atomic mass is 9.76. The van der Waals surface area contributed by atoms with Crippen LogP contribution in [0.2, 0.25) is 0 Å². The molecule has 1 aromatic carbocycles. The predicted octanol–water partition coefficient (Wildman–Crippen LogP) is 3.61. The van der Waals surface area contributed by atoms with Gasteiger partial charge in [-0.05, 0) is 43.2 Å². The van der Waals surface area contributed by atoms with Crippen LogP contribution in [-0.2, 0) is 9.53 Å². The third kappa shape index (κ3) is 4.58. The second-order valence-corrected chi connectivity index (χ2v) is 6.07. The Morgan fingerprint density at radius 1 is 1.26 bits per heavy atom. The maximum absolute atomic E-state index is 11.8. The van der Waals surface area contributed by atoms with E-state index in [1.54, 1.807) is 0 Å². The number of benzene rings is 1. The Morgan fingerprint density at radius 3 is 2.53 bits per heavy atom. The zero-order valence-electron chi connectivity index (χ0n) is 11.8. The van der Waals surface area contributed by atoms with Crippen molar-refractivity contribution < 1.29 is 9.53 Å². The summed E-state index contributed by atoms with van der Waals surface area (Å²) in [7, 11) is 0. The van der Waals surface area contributed by atoms with Crippen molar-refractivity contribution in [2.24, 2.45) is 5.41 Å². The van der Waals surface area contributed by atoms with Gasteiger partial charge in [0.25, 0.3) is 0 Å². The molecule has 1 fully saturated rings. The molecule has 0 amide bonds. The van der Waals surface area contributed by atoms with Gasteiger partial charge in [0.2, 0.25) is 0 Å². The molecule has 3 heteroatoms. The summed E-state index contributed by atoms with van der Waals surface area (Å²) in [5.41, 5.74) is 1.36. The Morgan fingerprint density at radius 2 is 1.89 bits per heavy atom. The minimum atomic E-state index is -0.159. The number of ether oxygens (including phenoxy) is 1. The molecule has 1 aromatic rings. The van der Waals surface area contributed by atoms with Crippen molar-refractivity contribution >= 4 is 11.7 Å². The summed E-state index contributed by atoms with van der Waals surface area (Å²) in [6.45, 7) is 4.80. The minimum absolute atomic E-state index is 0.109. The van der Waals surface area contributed by atoms with Crippen molar-refractivity contribution in [2.45, 2.75) is 45.6 Å². The van der Waals surface area contributed by atoms with Crippen LogP contribution in [0.1, 0.15) is 39.5 Å². The Bertz CT molecular complexity index is 404. The van der Waals surface area contributed by atoms with Crippen molar-refractivity contribution in [3.8, 4) is 0 Å². The van der Waals surface area contributed by atoms with E-state index in [0.717, 1.165) is 31.4 Å². The van der Waals surface area contributed by atoms with Crippen LogP contribution in [0.25, 0.3) is 0 Å². The molecule has 0 unspecified atom stereocenters. The van der Waals surface area contributed by atoms with E-state index in [0.29, 0.717) is 5.41 Å². The van der Waals surface area contributed by atoms with Gasteiger partial charge in [-0.3, -0.25) is 4.79 Å². The van der Waals surface area contributed by atoms with Crippen LogP contribution in [0.5, 0.6) is 0 Å². The number of carbonyl (C=O) groups excluding carboxylic acids is 1. The van der Waals surface area contributed by atoms with Crippen molar-refractivity contribution in [1.29, 1.82) is 0 Å². The van der Waals surface area contributed by atoms with Crippen LogP contribution < -0.4 is 5.32 Å². The molecule has 3 nitrogen and oxygen atoms in total. The fourth-order valence-corrected chi connectivity index (χ4v) is 2.45. The number of para-hydroxylation sites is 1. The number of anilines is 1. The van der Waals surface area contributed by atoms with Gasteiger partial charge in [-0.15, -0.1) is 0 Å². The first kappa shape index (κ1) is 13.9. The number of rotatable bonds is 4. The van der Waals surface area contributed by atoms with E-state index < -0.39 is 0 Å². The number of carbonyl (C=O) groups is 1. The first-order valence-electron chi connectivity index (χ1n) is 7.04. The predicted molar refractivity (Wildman–Crippen MR) is 77.1 cm³/mol. The molecule has 0 atom stereocenters. The van der Waals surface area contributed by atoms with Gasteiger partial charge in [0.1, 0.15) is 12.6 Å². The van der Waals surface area contributed by atoms with E-state index in [9.17, 15) is 4.79 Å². The minimum Gasteiger partial charge on any atom is -0.461 e. The standard InChI is InChI=1S/C16H23NO2/c1-16(2)10-8-14(9-11-16)19-15(18)12-17-13-6-4-3-5-7-13/h3-7,14,17H,8-12H2,1-2H3. The SMILES string of the molecule is CC1(C)CCC(OC(=O)CNc2ccccc2)CC1. The Labute approximate surface area is 115 Å². The average molecular weight is 261 g/mol. The van der Waals surface area contributed by atoms with Crippen LogP contribution in [0.15, 0.2) is 30.3 Å². The van der Waals surface area contributed by atoms with E-state index in [1.807, 2.05) is 30.3 Å². The fraction of sp³-hybridized carbons (Fsp3) is 0.562. The van der Waals surface area contributed by atoms with E-state index in [-0.39, 0.29) is 18.6 Å². The maximum atomic E-state index is 11.8. The van der Waals surface area contributed by atoms with Crippen LogP contribution in [0.3, 0.4) is 0 Å². The van der Waals surface area contributed by atoms with E-state index in [1.165, 1.54) is 0 Å². The molecule has 2 rings (SSSR count). The zero-order chi connectivity index (χ0) is 13.7. The van der Waals surface area contributed by atoms with Gasteiger partial charge in [0, 0.05) is 5.69 Å². The van der Waals surface area contributed by atoms with Crippen molar-refractivity contribution in [3.05, 3.63) is 30.3 Å². The van der Waals surface area contributed by atoms with Crippen molar-refractivity contribution in [1.82, 2.24) is 0 Å². The number of esters is 1. The number of nitrogens with one attached hydrogen (secondary N) is 1. The highest BCUT2D eigenvalue weighted by molar-refractivity contribution is 5.75. The molecule has 0 heterocycles. The number of hydrogen-bond acceptors (Lipinski definition) is 3. The smallest absolute Gasteiger partial charge is 0.325 e. The largest absolute Gasteiger partial charge is 0.461 e. The van der Waals surface area contributed by atoms with Gasteiger partial charge in [-0.1, -0.05) is 32.0 Å². The topological polar surface area (TPSA) is 38.3 Å². The highest BCUT2D eigenvalue weighted by Gasteiger charge is 2.28. The monoisotopic (exact) mass is 261 g/mol. The third-order valence-corrected chi connectivity index (χ3v) is 3.79. The van der Waals surface area contributed by atoms with Gasteiger partial charge in [0.05, 0.1) is 0 Å². The molecule has 1 aliphatic rings. The molecular weight excluding hydrogens is 238 g/mol. The molecule has 0 bridgehead atoms. The van der Waals surface area contributed by atoms with E-state index in [4.69, 9.17) is 4.74 Å². The lowest BCUT2D eigenvalue weighted by molar-refractivity contribution is -0.149. The lowest BCUT2D eigenvalue weighted by Gasteiger charge is -2.33. The first-order valence-corrected chi connectivity index (χ1v) is 7.04. The quantitative estimate of drug-likeness (QED) is 0.841. The zero-order valence-corrected chi connectivity index (χ0v) is 11.8. The summed E-state index contributed by atoms with van der Waals surface area (Å²) >= 11 is 0. The van der Waals surface area contributed by atoms with Gasteiger partial charge in [-0.25, -0.2) is 0 Å². The van der Waals surface area contributed by atoms with Crippen molar-refractivity contribution in [3.63, 3.8) is 0 Å². The molecule has 1 aliphatic carbocycles. The van der Waals surface area contributed by atoms with Crippen LogP contribution in [0.4, 0.5) is 5.69 Å². The molecular formula is C16H23NO2. The first-order chi connectivity index (χ1) is 9.05. The Kier molecular flexibility index (Phi) is 4.46. The van der Waals surface area contributed by atoms with Crippen molar-refractivity contribution in [2.75, 3.05) is 11.9 Å². The Balaban J connectivity index is 1.70. The summed E-state index contributed by atoms with van der Waals surface area (Å²) in [5.74, 6) is -0.159. The van der Waals surface area contributed by atoms with Gasteiger partial charge < -0.3 is 10.1 Å². The number of hydrogen-bond donors (Lipinski definition) is 1. The Hall–Kier alpha value is -1.51. The second-order valence-electron chi connectivity index (χ2n) is 6.07. The fourth-order valence-electron chi connectivity index (χ4n) is 2.45. The highest BCUT2D eigenvalue weighted by atomic mass is 16.5. The molecule has 0 saturated heterocycles. The normalized spacial score (nSPS) is 18.8. The van der Waals surface area contributed by atoms with Crippen LogP contribution >= 0.6 is 0 Å². The highest BCUT2D eigenvalue weighted by Crippen LogP contribution is 2.36. The summed E-state index contributed by atoms with van der Waals surface area (Å²) in [6.07, 6.45) is 4.36. The molecule has 0 aromatic heterocycles. The van der Waals surface area contributed by atoms with Gasteiger partial charge >= 0.3 is 5.97 Å². The molecule has 0 spiro atoms. The van der Waals surface area contributed by atoms with Gasteiger partial charge in [0.15, 0.2) is 0 Å². The molecule has 1 N–H and O–H groups in total. The molecule has 19 heavy (non-hydrogen) atoms. The summed E-state index contributed by atoms with van der Waals surface area (Å²) in [4.78, 5) is 11.8. The molecule has 104 valence electrons. The molecule has 1 saturated carbocycles. The summed E-state index contributed by atoms with van der Waals surface area (Å²) in [5, 5.41) is 3.08. The molecule has 0 radical (unpaired) electrons.